The zero-order chi connectivity index (χ0) is 15.2. The van der Waals surface area contributed by atoms with E-state index in [1.165, 1.54) is 6.07 Å². The van der Waals surface area contributed by atoms with Crippen LogP contribution in [0.4, 0.5) is 10.1 Å². The Balaban J connectivity index is 2.08. The highest BCUT2D eigenvalue weighted by atomic mass is 35.5. The average molecular weight is 310 g/mol. The highest BCUT2D eigenvalue weighted by molar-refractivity contribution is 6.30. The summed E-state index contributed by atoms with van der Waals surface area (Å²) < 4.78 is 24.1. The normalized spacial score (nSPS) is 10.3. The average Bonchev–Trinajstić information content (AvgIpc) is 2.49. The molecule has 21 heavy (non-hydrogen) atoms. The van der Waals surface area contributed by atoms with Gasteiger partial charge in [-0.05, 0) is 36.8 Å². The molecule has 1 N–H and O–H groups in total. The summed E-state index contributed by atoms with van der Waals surface area (Å²) in [5.41, 5.74) is 1.68. The molecule has 0 heterocycles. The highest BCUT2D eigenvalue weighted by Crippen LogP contribution is 2.30. The molecule has 2 rings (SSSR count). The van der Waals surface area contributed by atoms with Gasteiger partial charge in [0.05, 0.1) is 18.7 Å². The lowest BCUT2D eigenvalue weighted by molar-refractivity contribution is 0.311. The van der Waals surface area contributed by atoms with E-state index in [0.29, 0.717) is 24.7 Å². The lowest BCUT2D eigenvalue weighted by atomic mass is 10.2. The van der Waals surface area contributed by atoms with Crippen molar-refractivity contribution in [2.24, 2.45) is 0 Å². The van der Waals surface area contributed by atoms with Crippen LogP contribution in [0.25, 0.3) is 0 Å². The minimum Gasteiger partial charge on any atom is -0.493 e. The van der Waals surface area contributed by atoms with E-state index in [2.05, 4.69) is 5.32 Å². The van der Waals surface area contributed by atoms with Crippen LogP contribution in [0, 0.1) is 5.82 Å². The second-order valence-electron chi connectivity index (χ2n) is 4.40. The van der Waals surface area contributed by atoms with Crippen LogP contribution in [0.2, 0.25) is 5.02 Å². The molecule has 0 aliphatic carbocycles. The molecule has 0 amide bonds. The lowest BCUT2D eigenvalue weighted by Gasteiger charge is -2.12. The molecule has 0 aromatic heterocycles. The number of hydrogen-bond acceptors (Lipinski definition) is 3. The van der Waals surface area contributed by atoms with E-state index in [1.54, 1.807) is 19.2 Å². The Morgan fingerprint density at radius 2 is 1.95 bits per heavy atom. The van der Waals surface area contributed by atoms with Gasteiger partial charge in [0.2, 0.25) is 0 Å². The van der Waals surface area contributed by atoms with Crippen molar-refractivity contribution in [2.45, 2.75) is 13.5 Å². The minimum absolute atomic E-state index is 0.127. The summed E-state index contributed by atoms with van der Waals surface area (Å²) in [6.45, 7) is 2.96. The van der Waals surface area contributed by atoms with Crippen LogP contribution in [0.15, 0.2) is 36.4 Å². The van der Waals surface area contributed by atoms with E-state index < -0.39 is 5.82 Å². The van der Waals surface area contributed by atoms with Gasteiger partial charge < -0.3 is 14.8 Å². The summed E-state index contributed by atoms with van der Waals surface area (Å²) in [6, 6.07) is 10.3. The van der Waals surface area contributed by atoms with Gasteiger partial charge in [-0.25, -0.2) is 4.39 Å². The predicted octanol–water partition coefficient (Wildman–Crippen LogP) is 4.50. The maximum atomic E-state index is 13.4. The molecule has 2 aromatic rings. The number of rotatable bonds is 6. The minimum atomic E-state index is -0.416. The molecule has 112 valence electrons. The van der Waals surface area contributed by atoms with Crippen LogP contribution >= 0.6 is 11.6 Å². The number of ether oxygens (including phenoxy) is 2. The first-order chi connectivity index (χ1) is 10.1. The second-order valence-corrected chi connectivity index (χ2v) is 4.81. The fourth-order valence-corrected chi connectivity index (χ4v) is 2.03. The first-order valence-electron chi connectivity index (χ1n) is 6.62. The first kappa shape index (κ1) is 15.4. The Morgan fingerprint density at radius 1 is 1.14 bits per heavy atom. The smallest absolute Gasteiger partial charge is 0.163 e. The third-order valence-corrected chi connectivity index (χ3v) is 3.25. The molecule has 0 unspecified atom stereocenters. The largest absolute Gasteiger partial charge is 0.493 e. The number of methoxy groups -OCH3 is 1. The Kier molecular flexibility index (Phi) is 5.28. The van der Waals surface area contributed by atoms with Gasteiger partial charge in [0.15, 0.2) is 11.5 Å². The van der Waals surface area contributed by atoms with Crippen LogP contribution in [0.5, 0.6) is 11.5 Å². The van der Waals surface area contributed by atoms with E-state index in [-0.39, 0.29) is 5.02 Å². The number of anilines is 1. The van der Waals surface area contributed by atoms with Gasteiger partial charge in [-0.2, -0.15) is 0 Å². The summed E-state index contributed by atoms with van der Waals surface area (Å²) in [7, 11) is 1.60. The van der Waals surface area contributed by atoms with Gasteiger partial charge >= 0.3 is 0 Å². The van der Waals surface area contributed by atoms with E-state index >= 15 is 0 Å². The van der Waals surface area contributed by atoms with Crippen molar-refractivity contribution < 1.29 is 13.9 Å². The number of nitrogens with one attached hydrogen (secondary N) is 1. The van der Waals surface area contributed by atoms with Crippen molar-refractivity contribution in [2.75, 3.05) is 19.0 Å². The summed E-state index contributed by atoms with van der Waals surface area (Å²) >= 11 is 5.66. The zero-order valence-electron chi connectivity index (χ0n) is 12.0. The van der Waals surface area contributed by atoms with Crippen LogP contribution in [-0.4, -0.2) is 13.7 Å². The third kappa shape index (κ3) is 4.02. The fraction of sp³-hybridized carbons (Fsp3) is 0.250. The van der Waals surface area contributed by atoms with Crippen LogP contribution in [0.3, 0.4) is 0 Å². The number of hydrogen-bond donors (Lipinski definition) is 1. The topological polar surface area (TPSA) is 30.5 Å². The fourth-order valence-electron chi connectivity index (χ4n) is 1.91. The molecule has 2 aromatic carbocycles. The van der Waals surface area contributed by atoms with Gasteiger partial charge in [0, 0.05) is 18.3 Å². The zero-order valence-corrected chi connectivity index (χ0v) is 12.7. The van der Waals surface area contributed by atoms with Crippen molar-refractivity contribution in [1.29, 1.82) is 0 Å². The van der Waals surface area contributed by atoms with E-state index in [0.717, 1.165) is 11.3 Å². The standard InChI is InChI=1S/C16H17ClFNO2/c1-3-21-16-9-12(5-7-15(16)20-2)19-10-11-4-6-13(17)14(18)8-11/h4-9,19H,3,10H2,1-2H3. The van der Waals surface area contributed by atoms with Crippen molar-refractivity contribution in [3.05, 3.63) is 52.8 Å². The summed E-state index contributed by atoms with van der Waals surface area (Å²) in [6.07, 6.45) is 0. The molecule has 0 spiro atoms. The van der Waals surface area contributed by atoms with E-state index in [4.69, 9.17) is 21.1 Å². The Bertz CT molecular complexity index is 619. The monoisotopic (exact) mass is 309 g/mol. The van der Waals surface area contributed by atoms with Crippen molar-refractivity contribution in [3.8, 4) is 11.5 Å². The maximum absolute atomic E-state index is 13.4. The second kappa shape index (κ2) is 7.18. The van der Waals surface area contributed by atoms with E-state index in [1.807, 2.05) is 25.1 Å². The molecular weight excluding hydrogens is 293 g/mol. The Morgan fingerprint density at radius 3 is 2.62 bits per heavy atom. The quantitative estimate of drug-likeness (QED) is 0.852. The van der Waals surface area contributed by atoms with E-state index in [9.17, 15) is 4.39 Å². The van der Waals surface area contributed by atoms with Crippen LogP contribution in [-0.2, 0) is 6.54 Å². The maximum Gasteiger partial charge on any atom is 0.163 e. The molecular formula is C16H17ClFNO2. The van der Waals surface area contributed by atoms with Gasteiger partial charge in [0.1, 0.15) is 5.82 Å². The molecule has 3 nitrogen and oxygen atoms in total. The number of halogens is 2. The molecule has 0 saturated heterocycles. The van der Waals surface area contributed by atoms with Crippen LogP contribution in [0.1, 0.15) is 12.5 Å². The SMILES string of the molecule is CCOc1cc(NCc2ccc(Cl)c(F)c2)ccc1OC. The molecule has 0 bridgehead atoms. The summed E-state index contributed by atoms with van der Waals surface area (Å²) in [5.74, 6) is 0.938. The Hall–Kier alpha value is -1.94. The lowest BCUT2D eigenvalue weighted by Crippen LogP contribution is -2.01. The van der Waals surface area contributed by atoms with Crippen molar-refractivity contribution in [1.82, 2.24) is 0 Å². The van der Waals surface area contributed by atoms with Crippen LogP contribution < -0.4 is 14.8 Å². The molecule has 0 aliphatic rings. The van der Waals surface area contributed by atoms with Crippen molar-refractivity contribution in [3.63, 3.8) is 0 Å². The van der Waals surface area contributed by atoms with Gasteiger partial charge in [0.25, 0.3) is 0 Å². The summed E-state index contributed by atoms with van der Waals surface area (Å²) in [4.78, 5) is 0. The molecule has 0 atom stereocenters. The number of benzene rings is 2. The third-order valence-electron chi connectivity index (χ3n) is 2.94. The molecule has 0 saturated carbocycles. The summed E-state index contributed by atoms with van der Waals surface area (Å²) in [5, 5.41) is 3.34. The first-order valence-corrected chi connectivity index (χ1v) is 7.00. The predicted molar refractivity (Wildman–Crippen MR) is 82.9 cm³/mol. The highest BCUT2D eigenvalue weighted by Gasteiger charge is 2.06. The van der Waals surface area contributed by atoms with Crippen molar-refractivity contribution >= 4 is 17.3 Å². The van der Waals surface area contributed by atoms with Gasteiger partial charge in [-0.15, -0.1) is 0 Å². The molecule has 0 fully saturated rings. The molecule has 5 heteroatoms. The van der Waals surface area contributed by atoms with Gasteiger partial charge in [-0.3, -0.25) is 0 Å². The molecule has 0 radical (unpaired) electrons. The Labute approximate surface area is 128 Å². The molecule has 0 aliphatic heterocycles. The van der Waals surface area contributed by atoms with Gasteiger partial charge in [-0.1, -0.05) is 17.7 Å².